The topological polar surface area (TPSA) is 260 Å². The number of hydrogen-bond donors (Lipinski definition) is 5. The SMILES string of the molecule is CCOc1cc(N=Nc2cccc(S(=O)(=O)O)c2)ccc1Nc1nc(O)nc(Nc2ccc(N=Nc3cccc(S(=O)(=O)O)c3)cc2OCC)n1. The quantitative estimate of drug-likeness (QED) is 0.0559. The van der Waals surface area contributed by atoms with Crippen LogP contribution in [0.5, 0.6) is 17.5 Å². The molecule has 1 aromatic heterocycles. The van der Waals surface area contributed by atoms with E-state index in [1.54, 1.807) is 50.2 Å². The molecule has 20 heteroatoms. The number of benzene rings is 4. The van der Waals surface area contributed by atoms with E-state index >= 15 is 0 Å². The molecule has 0 atom stereocenters. The number of aromatic hydroxyl groups is 1. The minimum Gasteiger partial charge on any atom is -0.492 e. The number of nitrogens with one attached hydrogen (secondary N) is 2. The van der Waals surface area contributed by atoms with Crippen molar-refractivity contribution in [1.82, 2.24) is 15.0 Å². The molecule has 0 spiro atoms. The molecule has 0 aliphatic heterocycles. The lowest BCUT2D eigenvalue weighted by Gasteiger charge is -2.14. The van der Waals surface area contributed by atoms with Crippen molar-refractivity contribution in [1.29, 1.82) is 0 Å². The zero-order valence-corrected chi connectivity index (χ0v) is 28.4. The van der Waals surface area contributed by atoms with E-state index in [-0.39, 0.29) is 46.3 Å². The zero-order valence-electron chi connectivity index (χ0n) is 26.7. The lowest BCUT2D eigenvalue weighted by atomic mass is 10.2. The third-order valence-corrected chi connectivity index (χ3v) is 8.14. The lowest BCUT2D eigenvalue weighted by Crippen LogP contribution is -2.05. The van der Waals surface area contributed by atoms with Gasteiger partial charge in [0.05, 0.1) is 57.1 Å². The summed E-state index contributed by atoms with van der Waals surface area (Å²) in [5, 5.41) is 32.6. The van der Waals surface area contributed by atoms with Gasteiger partial charge in [-0.25, -0.2) is 0 Å². The van der Waals surface area contributed by atoms with E-state index in [0.29, 0.717) is 34.2 Å². The Bertz CT molecular complexity index is 2180. The summed E-state index contributed by atoms with van der Waals surface area (Å²) in [6.07, 6.45) is 0. The van der Waals surface area contributed by atoms with Crippen LogP contribution in [0.1, 0.15) is 13.8 Å². The van der Waals surface area contributed by atoms with Crippen LogP contribution in [0.2, 0.25) is 0 Å². The van der Waals surface area contributed by atoms with Gasteiger partial charge in [-0.1, -0.05) is 12.1 Å². The second kappa shape index (κ2) is 15.6. The second-order valence-corrected chi connectivity index (χ2v) is 12.9. The van der Waals surface area contributed by atoms with Crippen molar-refractivity contribution < 1.29 is 40.5 Å². The van der Waals surface area contributed by atoms with Crippen molar-refractivity contribution in [2.75, 3.05) is 23.8 Å². The van der Waals surface area contributed by atoms with Gasteiger partial charge in [-0.2, -0.15) is 52.2 Å². The van der Waals surface area contributed by atoms with Crippen LogP contribution in [-0.4, -0.2) is 59.2 Å². The van der Waals surface area contributed by atoms with Crippen LogP contribution in [-0.2, 0) is 20.2 Å². The maximum absolute atomic E-state index is 11.4. The summed E-state index contributed by atoms with van der Waals surface area (Å²) in [7, 11) is -8.81. The maximum atomic E-state index is 11.4. The Kier molecular flexibility index (Phi) is 11.1. The predicted octanol–water partition coefficient (Wildman–Crippen LogP) is 7.19. The fraction of sp³-hybridized carbons (Fsp3) is 0.129. The Morgan fingerprint density at radius 2 is 0.980 bits per heavy atom. The first-order chi connectivity index (χ1) is 24.3. The number of anilines is 4. The van der Waals surface area contributed by atoms with Gasteiger partial charge in [0.15, 0.2) is 0 Å². The van der Waals surface area contributed by atoms with Gasteiger partial charge in [0.25, 0.3) is 20.2 Å². The van der Waals surface area contributed by atoms with Crippen molar-refractivity contribution in [3.05, 3.63) is 84.9 Å². The summed E-state index contributed by atoms with van der Waals surface area (Å²) in [6, 6.07) is 19.6. The Balaban J connectivity index is 1.35. The molecule has 0 unspecified atom stereocenters. The van der Waals surface area contributed by atoms with E-state index in [1.807, 2.05) is 0 Å². The Hall–Kier alpha value is -6.09. The normalized spacial score (nSPS) is 11.9. The summed E-state index contributed by atoms with van der Waals surface area (Å²) in [4.78, 5) is 11.6. The molecule has 5 aromatic rings. The van der Waals surface area contributed by atoms with Crippen molar-refractivity contribution in [2.24, 2.45) is 20.5 Å². The number of hydrogen-bond acceptors (Lipinski definition) is 16. The molecule has 0 fully saturated rings. The molecule has 1 heterocycles. The predicted molar refractivity (Wildman–Crippen MR) is 184 cm³/mol. The van der Waals surface area contributed by atoms with Crippen LogP contribution in [0.25, 0.3) is 0 Å². The molecule has 0 aliphatic rings. The summed E-state index contributed by atoms with van der Waals surface area (Å²) in [6.45, 7) is 4.13. The number of aromatic nitrogens is 3. The van der Waals surface area contributed by atoms with E-state index in [9.17, 15) is 31.0 Å². The molecule has 51 heavy (non-hydrogen) atoms. The summed E-state index contributed by atoms with van der Waals surface area (Å²) >= 11 is 0. The molecule has 0 saturated carbocycles. The summed E-state index contributed by atoms with van der Waals surface area (Å²) < 4.78 is 75.8. The highest BCUT2D eigenvalue weighted by Gasteiger charge is 2.14. The number of nitrogens with zero attached hydrogens (tertiary/aromatic N) is 7. The molecule has 264 valence electrons. The molecule has 0 saturated heterocycles. The smallest absolute Gasteiger partial charge is 0.320 e. The molecule has 5 N–H and O–H groups in total. The van der Waals surface area contributed by atoms with Crippen LogP contribution in [0.4, 0.5) is 46.0 Å². The second-order valence-electron chi connectivity index (χ2n) is 10.1. The number of azo groups is 2. The Morgan fingerprint density at radius 3 is 1.35 bits per heavy atom. The van der Waals surface area contributed by atoms with Gasteiger partial charge in [-0.3, -0.25) is 9.11 Å². The largest absolute Gasteiger partial charge is 0.492 e. The molecule has 0 bridgehead atoms. The van der Waals surface area contributed by atoms with Gasteiger partial charge in [-0.05, 0) is 74.5 Å². The molecule has 18 nitrogen and oxygen atoms in total. The Morgan fingerprint density at radius 1 is 0.588 bits per heavy atom. The van der Waals surface area contributed by atoms with E-state index < -0.39 is 26.2 Å². The third kappa shape index (κ3) is 9.98. The van der Waals surface area contributed by atoms with E-state index in [2.05, 4.69) is 46.0 Å². The van der Waals surface area contributed by atoms with Gasteiger partial charge in [0.2, 0.25) is 11.9 Å². The third-order valence-electron chi connectivity index (χ3n) is 6.44. The molecular formula is C31H29N9O9S2. The first-order valence-electron chi connectivity index (χ1n) is 14.8. The van der Waals surface area contributed by atoms with Crippen LogP contribution in [0.3, 0.4) is 0 Å². The van der Waals surface area contributed by atoms with E-state index in [4.69, 9.17) is 9.47 Å². The van der Waals surface area contributed by atoms with Crippen molar-refractivity contribution in [2.45, 2.75) is 23.6 Å². The van der Waals surface area contributed by atoms with Crippen LogP contribution < -0.4 is 20.1 Å². The molecule has 0 aliphatic carbocycles. The fourth-order valence-electron chi connectivity index (χ4n) is 4.26. The molecule has 0 radical (unpaired) electrons. The highest BCUT2D eigenvalue weighted by Crippen LogP contribution is 2.35. The fourth-order valence-corrected chi connectivity index (χ4v) is 5.30. The van der Waals surface area contributed by atoms with Crippen molar-refractivity contribution in [3.63, 3.8) is 0 Å². The minimum absolute atomic E-state index is 0.0436. The van der Waals surface area contributed by atoms with Gasteiger partial charge in [0.1, 0.15) is 11.5 Å². The molecule has 4 aromatic carbocycles. The van der Waals surface area contributed by atoms with Crippen molar-refractivity contribution >= 4 is 66.3 Å². The average molecular weight is 736 g/mol. The van der Waals surface area contributed by atoms with Gasteiger partial charge >= 0.3 is 6.01 Å². The zero-order chi connectivity index (χ0) is 36.6. The first kappa shape index (κ1) is 36.2. The van der Waals surface area contributed by atoms with E-state index in [1.165, 1.54) is 48.5 Å². The van der Waals surface area contributed by atoms with Crippen LogP contribution in [0, 0.1) is 0 Å². The van der Waals surface area contributed by atoms with Crippen molar-refractivity contribution in [3.8, 4) is 17.5 Å². The van der Waals surface area contributed by atoms with Crippen LogP contribution in [0.15, 0.2) is 115 Å². The standard InChI is InChI=1S/C31H29N9O9S2/c1-3-48-27-17-21(39-37-19-7-5-9-23(15-19)50(42,43)44)11-13-25(27)32-29-34-30(36-31(41)35-29)33-26-14-12-22(18-28(26)49-4-2)40-38-20-8-6-10-24(16-20)51(45,46)47/h5-18H,3-4H2,1-2H3,(H,42,43,44)(H,45,46,47)(H3,32,33,34,35,36,41). The molecule has 0 amide bonds. The highest BCUT2D eigenvalue weighted by atomic mass is 32.2. The Labute approximate surface area is 291 Å². The monoisotopic (exact) mass is 735 g/mol. The van der Waals surface area contributed by atoms with E-state index in [0.717, 1.165) is 0 Å². The highest BCUT2D eigenvalue weighted by molar-refractivity contribution is 7.86. The summed E-state index contributed by atoms with van der Waals surface area (Å²) in [5.41, 5.74) is 1.93. The number of ether oxygens (including phenoxy) is 2. The minimum atomic E-state index is -4.41. The lowest BCUT2D eigenvalue weighted by molar-refractivity contribution is 0.342. The summed E-state index contributed by atoms with van der Waals surface area (Å²) in [5.74, 6) is 0.585. The maximum Gasteiger partial charge on any atom is 0.320 e. The average Bonchev–Trinajstić information content (AvgIpc) is 3.08. The van der Waals surface area contributed by atoms with Gasteiger partial charge in [0, 0.05) is 12.1 Å². The number of rotatable bonds is 14. The van der Waals surface area contributed by atoms with Crippen LogP contribution >= 0.6 is 0 Å². The van der Waals surface area contributed by atoms with Gasteiger partial charge < -0.3 is 25.2 Å². The molecular weight excluding hydrogens is 707 g/mol. The molecule has 5 rings (SSSR count). The first-order valence-corrected chi connectivity index (χ1v) is 17.7. The van der Waals surface area contributed by atoms with Gasteiger partial charge in [-0.15, -0.1) is 0 Å².